The van der Waals surface area contributed by atoms with E-state index in [1.807, 2.05) is 36.5 Å². The van der Waals surface area contributed by atoms with Gasteiger partial charge in [0.25, 0.3) is 0 Å². The summed E-state index contributed by atoms with van der Waals surface area (Å²) in [7, 11) is 0. The molecular formula is C26H25N7O. The number of nitrogens with zero attached hydrogens (tertiary/aromatic N) is 5. The smallest absolute Gasteiger partial charge is 0.231 e. The zero-order chi connectivity index (χ0) is 23.5. The highest BCUT2D eigenvalue weighted by Gasteiger charge is 2.27. The first-order valence-corrected chi connectivity index (χ1v) is 11.6. The quantitative estimate of drug-likeness (QED) is 0.436. The molecule has 5 rings (SSSR count). The van der Waals surface area contributed by atoms with Crippen molar-refractivity contribution < 1.29 is 4.79 Å². The maximum Gasteiger partial charge on any atom is 0.231 e. The predicted molar refractivity (Wildman–Crippen MR) is 129 cm³/mol. The maximum atomic E-state index is 13.0. The van der Waals surface area contributed by atoms with Crippen LogP contribution in [0.4, 0.5) is 5.69 Å². The summed E-state index contributed by atoms with van der Waals surface area (Å²) in [6.07, 6.45) is 8.66. The SMILES string of the molecule is N#CCc1ccc(NC(=O)Cc2nc3cnc4[nH]ccc4c3n2[C@H]2CC[C@H](CC#N)CC2)cc1. The summed E-state index contributed by atoms with van der Waals surface area (Å²) in [5, 5.41) is 21.9. The number of benzene rings is 1. The van der Waals surface area contributed by atoms with Crippen molar-refractivity contribution in [3.63, 3.8) is 0 Å². The lowest BCUT2D eigenvalue weighted by molar-refractivity contribution is -0.115. The van der Waals surface area contributed by atoms with Gasteiger partial charge in [-0.25, -0.2) is 9.97 Å². The number of fused-ring (bicyclic) bond motifs is 3. The number of nitrogens with one attached hydrogen (secondary N) is 2. The molecule has 8 heteroatoms. The monoisotopic (exact) mass is 451 g/mol. The zero-order valence-corrected chi connectivity index (χ0v) is 18.8. The molecule has 0 saturated heterocycles. The molecule has 8 nitrogen and oxygen atoms in total. The molecule has 34 heavy (non-hydrogen) atoms. The highest BCUT2D eigenvalue weighted by atomic mass is 16.1. The van der Waals surface area contributed by atoms with Crippen molar-refractivity contribution in [1.29, 1.82) is 10.5 Å². The third-order valence-corrected chi connectivity index (χ3v) is 6.71. The first-order chi connectivity index (χ1) is 16.7. The maximum absolute atomic E-state index is 13.0. The number of H-pyrrole nitrogens is 1. The number of hydrogen-bond acceptors (Lipinski definition) is 5. The molecule has 0 radical (unpaired) electrons. The van der Waals surface area contributed by atoms with E-state index in [0.29, 0.717) is 24.4 Å². The van der Waals surface area contributed by atoms with Crippen LogP contribution in [0.15, 0.2) is 42.7 Å². The van der Waals surface area contributed by atoms with Crippen molar-refractivity contribution >= 4 is 33.7 Å². The highest BCUT2D eigenvalue weighted by molar-refractivity contribution is 6.02. The third-order valence-electron chi connectivity index (χ3n) is 6.71. The summed E-state index contributed by atoms with van der Waals surface area (Å²) in [4.78, 5) is 25.5. The number of nitriles is 2. The summed E-state index contributed by atoms with van der Waals surface area (Å²) >= 11 is 0. The molecule has 1 aromatic carbocycles. The molecule has 0 aliphatic heterocycles. The van der Waals surface area contributed by atoms with Crippen LogP contribution in [-0.2, 0) is 17.6 Å². The molecule has 1 fully saturated rings. The fraction of sp³-hybridized carbons (Fsp3) is 0.346. The Morgan fingerprint density at radius 1 is 1.12 bits per heavy atom. The fourth-order valence-electron chi connectivity index (χ4n) is 5.04. The van der Waals surface area contributed by atoms with Crippen LogP contribution in [0.5, 0.6) is 0 Å². The molecule has 0 spiro atoms. The number of anilines is 1. The first-order valence-electron chi connectivity index (χ1n) is 11.6. The van der Waals surface area contributed by atoms with E-state index in [4.69, 9.17) is 15.5 Å². The summed E-state index contributed by atoms with van der Waals surface area (Å²) in [5.41, 5.74) is 4.21. The summed E-state index contributed by atoms with van der Waals surface area (Å²) < 4.78 is 2.24. The predicted octanol–water partition coefficient (Wildman–Crippen LogP) is 4.80. The molecule has 0 atom stereocenters. The second-order valence-corrected chi connectivity index (χ2v) is 8.92. The number of imidazole rings is 1. The van der Waals surface area contributed by atoms with E-state index in [0.717, 1.165) is 59.1 Å². The van der Waals surface area contributed by atoms with Crippen LogP contribution >= 0.6 is 0 Å². The normalized spacial score (nSPS) is 17.9. The van der Waals surface area contributed by atoms with Gasteiger partial charge < -0.3 is 14.9 Å². The van der Waals surface area contributed by atoms with Gasteiger partial charge in [-0.3, -0.25) is 4.79 Å². The summed E-state index contributed by atoms with van der Waals surface area (Å²) in [6.45, 7) is 0. The second kappa shape index (κ2) is 9.36. The molecule has 0 unspecified atom stereocenters. The van der Waals surface area contributed by atoms with Gasteiger partial charge >= 0.3 is 0 Å². The molecule has 3 heterocycles. The van der Waals surface area contributed by atoms with Crippen LogP contribution in [0.25, 0.3) is 22.1 Å². The first kappa shape index (κ1) is 21.7. The molecule has 1 aliphatic carbocycles. The Hall–Kier alpha value is -4.17. The van der Waals surface area contributed by atoms with Gasteiger partial charge in [-0.1, -0.05) is 12.1 Å². The number of pyridine rings is 1. The van der Waals surface area contributed by atoms with Crippen LogP contribution in [0.3, 0.4) is 0 Å². The second-order valence-electron chi connectivity index (χ2n) is 8.92. The summed E-state index contributed by atoms with van der Waals surface area (Å²) in [5.74, 6) is 1.04. The number of carbonyl (C=O) groups is 1. The number of aromatic amines is 1. The lowest BCUT2D eigenvalue weighted by Gasteiger charge is -2.30. The van der Waals surface area contributed by atoms with Gasteiger partial charge in [-0.2, -0.15) is 10.5 Å². The number of rotatable bonds is 6. The highest BCUT2D eigenvalue weighted by Crippen LogP contribution is 2.38. The Bertz CT molecular complexity index is 1410. The largest absolute Gasteiger partial charge is 0.346 e. The number of hydrogen-bond donors (Lipinski definition) is 2. The van der Waals surface area contributed by atoms with Gasteiger partial charge in [0.2, 0.25) is 5.91 Å². The van der Waals surface area contributed by atoms with E-state index in [-0.39, 0.29) is 18.4 Å². The Morgan fingerprint density at radius 3 is 2.65 bits per heavy atom. The molecule has 1 amide bonds. The molecule has 1 saturated carbocycles. The van der Waals surface area contributed by atoms with Crippen LogP contribution in [0, 0.1) is 28.6 Å². The van der Waals surface area contributed by atoms with Gasteiger partial charge in [0.15, 0.2) is 0 Å². The average Bonchev–Trinajstić information content (AvgIpc) is 3.45. The molecular weight excluding hydrogens is 426 g/mol. The average molecular weight is 452 g/mol. The lowest BCUT2D eigenvalue weighted by Crippen LogP contribution is -2.23. The van der Waals surface area contributed by atoms with Gasteiger partial charge in [-0.05, 0) is 55.4 Å². The fourth-order valence-corrected chi connectivity index (χ4v) is 5.04. The van der Waals surface area contributed by atoms with Gasteiger partial charge in [0, 0.05) is 29.7 Å². The van der Waals surface area contributed by atoms with E-state index in [9.17, 15) is 4.79 Å². The van der Waals surface area contributed by atoms with E-state index in [2.05, 4.69) is 32.0 Å². The van der Waals surface area contributed by atoms with Crippen LogP contribution in [0.1, 0.15) is 49.5 Å². The van der Waals surface area contributed by atoms with Gasteiger partial charge in [-0.15, -0.1) is 0 Å². The Kier molecular flexibility index (Phi) is 5.97. The molecule has 2 N–H and O–H groups in total. The van der Waals surface area contributed by atoms with Crippen molar-refractivity contribution in [2.45, 2.75) is 51.0 Å². The molecule has 3 aromatic heterocycles. The van der Waals surface area contributed by atoms with Crippen molar-refractivity contribution in [2.75, 3.05) is 5.32 Å². The van der Waals surface area contributed by atoms with Crippen molar-refractivity contribution in [3.8, 4) is 12.1 Å². The van der Waals surface area contributed by atoms with Crippen LogP contribution < -0.4 is 5.32 Å². The van der Waals surface area contributed by atoms with E-state index in [1.165, 1.54) is 0 Å². The van der Waals surface area contributed by atoms with Crippen molar-refractivity contribution in [2.24, 2.45) is 5.92 Å². The molecule has 4 aromatic rings. The number of amides is 1. The molecule has 0 bridgehead atoms. The van der Waals surface area contributed by atoms with Gasteiger partial charge in [0.1, 0.15) is 17.0 Å². The summed E-state index contributed by atoms with van der Waals surface area (Å²) in [6, 6.07) is 14.0. The van der Waals surface area contributed by atoms with E-state index >= 15 is 0 Å². The van der Waals surface area contributed by atoms with Crippen LogP contribution in [-0.4, -0.2) is 25.4 Å². The minimum atomic E-state index is -0.138. The van der Waals surface area contributed by atoms with Crippen LogP contribution in [0.2, 0.25) is 0 Å². The Labute approximate surface area is 197 Å². The van der Waals surface area contributed by atoms with Crippen molar-refractivity contribution in [1.82, 2.24) is 19.5 Å². The molecule has 170 valence electrons. The van der Waals surface area contributed by atoms with Gasteiger partial charge in [0.05, 0.1) is 36.7 Å². The minimum Gasteiger partial charge on any atom is -0.346 e. The lowest BCUT2D eigenvalue weighted by atomic mass is 9.84. The number of carbonyl (C=O) groups excluding carboxylic acids is 1. The standard InChI is InChI=1S/C26H25N7O/c27-12-9-17-1-5-19(6-2-17)31-24(34)15-23-32-22-16-30-26-21(11-14-29-26)25(22)33(23)20-7-3-18(4-8-20)10-13-28/h1-2,5-6,11,14,16,18,20H,3-4,7-10,15H2,(H,29,30)(H,31,34)/t18-,20-. The third kappa shape index (κ3) is 4.23. The minimum absolute atomic E-state index is 0.138. The van der Waals surface area contributed by atoms with E-state index < -0.39 is 0 Å². The van der Waals surface area contributed by atoms with E-state index in [1.54, 1.807) is 6.20 Å². The Balaban J connectivity index is 1.44. The zero-order valence-electron chi connectivity index (χ0n) is 18.8. The van der Waals surface area contributed by atoms with Crippen molar-refractivity contribution in [3.05, 3.63) is 54.1 Å². The Morgan fingerprint density at radius 2 is 1.91 bits per heavy atom. The molecule has 1 aliphatic rings. The topological polar surface area (TPSA) is 123 Å². The number of aromatic nitrogens is 4.